The summed E-state index contributed by atoms with van der Waals surface area (Å²) in [6.07, 6.45) is 0. The van der Waals surface area contributed by atoms with Crippen molar-refractivity contribution in [1.82, 2.24) is 0 Å². The van der Waals surface area contributed by atoms with Crippen LogP contribution >= 0.6 is 31.9 Å². The van der Waals surface area contributed by atoms with E-state index in [1.54, 1.807) is 6.92 Å². The third-order valence-corrected chi connectivity index (χ3v) is 5.49. The fraction of sp³-hybridized carbons (Fsp3) is 0.267. The van der Waals surface area contributed by atoms with E-state index in [0.717, 1.165) is 10.8 Å². The minimum atomic E-state index is -1.40. The molecule has 21 heavy (non-hydrogen) atoms. The summed E-state index contributed by atoms with van der Waals surface area (Å²) in [5, 5.41) is 1.35. The lowest BCUT2D eigenvalue weighted by Gasteiger charge is -2.35. The van der Waals surface area contributed by atoms with Gasteiger partial charge in [0.15, 0.2) is 11.5 Å². The fourth-order valence-corrected chi connectivity index (χ4v) is 2.99. The molecule has 2 aromatic carbocycles. The summed E-state index contributed by atoms with van der Waals surface area (Å²) >= 11 is 6.61. The molecule has 1 aliphatic rings. The molecule has 2 aromatic rings. The van der Waals surface area contributed by atoms with E-state index in [2.05, 4.69) is 31.9 Å². The van der Waals surface area contributed by atoms with Crippen LogP contribution in [0.3, 0.4) is 0 Å². The molecule has 1 heterocycles. The Morgan fingerprint density at radius 2 is 1.90 bits per heavy atom. The van der Waals surface area contributed by atoms with Gasteiger partial charge in [-0.15, -0.1) is 0 Å². The highest BCUT2D eigenvalue weighted by atomic mass is 79.9. The first-order chi connectivity index (χ1) is 10.0. The maximum Gasteiger partial charge on any atom is 0.366 e. The molecule has 1 aliphatic heterocycles. The van der Waals surface area contributed by atoms with Crippen LogP contribution < -0.4 is 9.47 Å². The zero-order chi connectivity index (χ0) is 15.0. The third-order valence-electron chi connectivity index (χ3n) is 3.15. The zero-order valence-corrected chi connectivity index (χ0v) is 14.3. The van der Waals surface area contributed by atoms with Crippen LogP contribution in [0.4, 0.5) is 0 Å². The van der Waals surface area contributed by atoms with E-state index in [9.17, 15) is 4.79 Å². The van der Waals surface area contributed by atoms with Gasteiger partial charge in [-0.05, 0) is 61.7 Å². The molecular formula is C15H12Br2O4. The predicted molar refractivity (Wildman–Crippen MR) is 86.2 cm³/mol. The number of benzene rings is 2. The van der Waals surface area contributed by atoms with Crippen LogP contribution in [-0.2, 0) is 9.53 Å². The van der Waals surface area contributed by atoms with Crippen molar-refractivity contribution in [1.29, 1.82) is 0 Å². The summed E-state index contributed by atoms with van der Waals surface area (Å²) in [5.41, 5.74) is 0. The molecule has 3 rings (SSSR count). The second kappa shape index (κ2) is 5.50. The van der Waals surface area contributed by atoms with Crippen LogP contribution in [0.25, 0.3) is 10.8 Å². The number of esters is 1. The number of hydrogen-bond donors (Lipinski definition) is 0. The molecule has 2 unspecified atom stereocenters. The molecule has 0 bridgehead atoms. The van der Waals surface area contributed by atoms with Crippen LogP contribution in [0.1, 0.15) is 6.92 Å². The fourth-order valence-electron chi connectivity index (χ4n) is 2.13. The van der Waals surface area contributed by atoms with Gasteiger partial charge in [0.2, 0.25) is 5.01 Å². The summed E-state index contributed by atoms with van der Waals surface area (Å²) in [4.78, 5) is 12.1. The van der Waals surface area contributed by atoms with E-state index >= 15 is 0 Å². The standard InChI is InChI=1S/C15H12Br2O4/c1-2-19-14(18)15(17)13(16)20-11-7-9-5-3-4-6-10(9)8-12(11)21-15/h3-8,13H,2H2,1H3. The van der Waals surface area contributed by atoms with Gasteiger partial charge in [-0.2, -0.15) is 0 Å². The molecule has 2 atom stereocenters. The smallest absolute Gasteiger partial charge is 0.366 e. The second-order valence-electron chi connectivity index (χ2n) is 4.55. The number of hydrogen-bond acceptors (Lipinski definition) is 4. The zero-order valence-electron chi connectivity index (χ0n) is 11.1. The van der Waals surface area contributed by atoms with Gasteiger partial charge in [-0.3, -0.25) is 0 Å². The van der Waals surface area contributed by atoms with Crippen molar-refractivity contribution in [2.45, 2.75) is 16.4 Å². The van der Waals surface area contributed by atoms with Crippen LogP contribution in [0, 0.1) is 0 Å². The second-order valence-corrected chi connectivity index (χ2v) is 6.56. The molecule has 110 valence electrons. The van der Waals surface area contributed by atoms with Crippen LogP contribution in [0.5, 0.6) is 11.5 Å². The molecule has 0 saturated carbocycles. The molecule has 0 saturated heterocycles. The Labute approximate surface area is 138 Å². The molecular weight excluding hydrogens is 404 g/mol. The molecule has 0 N–H and O–H groups in total. The van der Waals surface area contributed by atoms with Crippen molar-refractivity contribution in [2.75, 3.05) is 6.61 Å². The van der Waals surface area contributed by atoms with E-state index in [-0.39, 0.29) is 6.61 Å². The highest BCUT2D eigenvalue weighted by molar-refractivity contribution is 9.12. The number of carbonyl (C=O) groups is 1. The number of ether oxygens (including phenoxy) is 3. The Bertz CT molecular complexity index is 703. The number of fused-ring (bicyclic) bond motifs is 2. The lowest BCUT2D eigenvalue weighted by Crippen LogP contribution is -2.52. The van der Waals surface area contributed by atoms with Gasteiger partial charge in [-0.1, -0.05) is 24.3 Å². The van der Waals surface area contributed by atoms with Gasteiger partial charge in [-0.25, -0.2) is 4.79 Å². The van der Waals surface area contributed by atoms with Crippen molar-refractivity contribution in [2.24, 2.45) is 0 Å². The Morgan fingerprint density at radius 3 is 2.52 bits per heavy atom. The van der Waals surface area contributed by atoms with Crippen molar-refractivity contribution < 1.29 is 19.0 Å². The van der Waals surface area contributed by atoms with Gasteiger partial charge < -0.3 is 14.2 Å². The normalized spacial score (nSPS) is 23.9. The number of alkyl halides is 2. The largest absolute Gasteiger partial charge is 0.469 e. The molecule has 0 spiro atoms. The highest BCUT2D eigenvalue weighted by Gasteiger charge is 2.51. The summed E-state index contributed by atoms with van der Waals surface area (Å²) in [6.45, 7) is 2.00. The van der Waals surface area contributed by atoms with E-state index in [1.165, 1.54) is 0 Å². The van der Waals surface area contributed by atoms with Crippen molar-refractivity contribution in [3.05, 3.63) is 36.4 Å². The third kappa shape index (κ3) is 2.51. The van der Waals surface area contributed by atoms with Gasteiger partial charge in [0.05, 0.1) is 6.61 Å². The Balaban J connectivity index is 2.04. The monoisotopic (exact) mass is 414 g/mol. The van der Waals surface area contributed by atoms with E-state index in [4.69, 9.17) is 14.2 Å². The first-order valence-corrected chi connectivity index (χ1v) is 8.14. The molecule has 0 amide bonds. The summed E-state index contributed by atoms with van der Waals surface area (Å²) < 4.78 is 15.2. The maximum atomic E-state index is 12.1. The average molecular weight is 416 g/mol. The molecule has 4 nitrogen and oxygen atoms in total. The lowest BCUT2D eigenvalue weighted by molar-refractivity contribution is -0.157. The Morgan fingerprint density at radius 1 is 1.29 bits per heavy atom. The maximum absolute atomic E-state index is 12.1. The first-order valence-electron chi connectivity index (χ1n) is 6.43. The SMILES string of the molecule is CCOC(=O)C1(Br)Oc2cc3ccccc3cc2OC1Br. The van der Waals surface area contributed by atoms with E-state index in [1.807, 2.05) is 36.4 Å². The minimum Gasteiger partial charge on any atom is -0.469 e. The predicted octanol–water partition coefficient (Wildman–Crippen LogP) is 3.99. The molecule has 0 aliphatic carbocycles. The van der Waals surface area contributed by atoms with Crippen molar-refractivity contribution in [3.63, 3.8) is 0 Å². The topological polar surface area (TPSA) is 44.8 Å². The summed E-state index contributed by atoms with van der Waals surface area (Å²) in [5.74, 6) is 0.537. The molecule has 0 fully saturated rings. The van der Waals surface area contributed by atoms with Crippen LogP contribution in [0.15, 0.2) is 36.4 Å². The average Bonchev–Trinajstić information content (AvgIpc) is 2.47. The highest BCUT2D eigenvalue weighted by Crippen LogP contribution is 2.45. The lowest BCUT2D eigenvalue weighted by atomic mass is 10.1. The van der Waals surface area contributed by atoms with Crippen LogP contribution in [-0.4, -0.2) is 22.1 Å². The number of rotatable bonds is 2. The summed E-state index contributed by atoms with van der Waals surface area (Å²) in [7, 11) is 0. The molecule has 6 heteroatoms. The first kappa shape index (κ1) is 14.7. The van der Waals surface area contributed by atoms with Gasteiger partial charge in [0, 0.05) is 0 Å². The van der Waals surface area contributed by atoms with Gasteiger partial charge in [0.25, 0.3) is 0 Å². The van der Waals surface area contributed by atoms with Crippen molar-refractivity contribution in [3.8, 4) is 11.5 Å². The van der Waals surface area contributed by atoms with Gasteiger partial charge >= 0.3 is 10.5 Å². The van der Waals surface area contributed by atoms with Crippen molar-refractivity contribution >= 4 is 48.6 Å². The Hall–Kier alpha value is -1.27. The molecule has 0 radical (unpaired) electrons. The van der Waals surface area contributed by atoms with Gasteiger partial charge in [0.1, 0.15) is 0 Å². The quantitative estimate of drug-likeness (QED) is 0.549. The number of carbonyl (C=O) groups excluding carboxylic acids is 1. The summed E-state index contributed by atoms with van der Waals surface area (Å²) in [6, 6.07) is 11.6. The van der Waals surface area contributed by atoms with E-state index < -0.39 is 15.5 Å². The Kier molecular flexibility index (Phi) is 3.84. The minimum absolute atomic E-state index is 0.264. The van der Waals surface area contributed by atoms with E-state index in [0.29, 0.717) is 11.5 Å². The van der Waals surface area contributed by atoms with Crippen LogP contribution in [0.2, 0.25) is 0 Å². The number of halogens is 2. The molecule has 0 aromatic heterocycles.